The van der Waals surface area contributed by atoms with E-state index < -0.39 is 22.7 Å². The van der Waals surface area contributed by atoms with Crippen LogP contribution in [0.25, 0.3) is 16.2 Å². The lowest BCUT2D eigenvalue weighted by Gasteiger charge is -2.41. The Morgan fingerprint density at radius 1 is 1.30 bits per heavy atom. The first-order valence-corrected chi connectivity index (χ1v) is 11.9. The number of aromatic amines is 1. The number of amides is 1. The maximum atomic E-state index is 13.0. The van der Waals surface area contributed by atoms with Gasteiger partial charge in [-0.25, -0.2) is 22.9 Å². The highest BCUT2D eigenvalue weighted by Crippen LogP contribution is 2.33. The van der Waals surface area contributed by atoms with Crippen molar-refractivity contribution in [3.05, 3.63) is 32.1 Å². The third-order valence-electron chi connectivity index (χ3n) is 5.14. The Kier molecular flexibility index (Phi) is 6.20. The van der Waals surface area contributed by atoms with Crippen molar-refractivity contribution in [3.63, 3.8) is 0 Å². The van der Waals surface area contributed by atoms with Crippen molar-refractivity contribution >= 4 is 50.1 Å². The summed E-state index contributed by atoms with van der Waals surface area (Å²) in [7, 11) is 0. The van der Waals surface area contributed by atoms with Gasteiger partial charge < -0.3 is 19.5 Å². The fraction of sp³-hybridized carbons (Fsp3) is 0.500. The second-order valence-corrected chi connectivity index (χ2v) is 10.7. The topological polar surface area (TPSA) is 96.4 Å². The zero-order valence-electron chi connectivity index (χ0n) is 18.4. The molecule has 1 saturated heterocycles. The predicted molar refractivity (Wildman–Crippen MR) is 125 cm³/mol. The van der Waals surface area contributed by atoms with Gasteiger partial charge in [0.05, 0.1) is 16.7 Å². The Morgan fingerprint density at radius 3 is 2.64 bits per heavy atom. The van der Waals surface area contributed by atoms with Gasteiger partial charge in [0.15, 0.2) is 5.01 Å². The number of anilines is 1. The van der Waals surface area contributed by atoms with Gasteiger partial charge in [-0.3, -0.25) is 0 Å². The molecule has 178 valence electrons. The third kappa shape index (κ3) is 4.74. The molecule has 1 N–H and O–H groups in total. The molecule has 1 aliphatic heterocycles. The Morgan fingerprint density at radius 2 is 2.03 bits per heavy atom. The molecule has 13 heteroatoms. The lowest BCUT2D eigenvalue weighted by atomic mass is 10.1. The van der Waals surface area contributed by atoms with E-state index in [9.17, 15) is 18.4 Å². The van der Waals surface area contributed by atoms with Crippen LogP contribution in [0.4, 0.5) is 19.3 Å². The SMILES string of the molecule is C[C@H]1CN(c2cc(Br)cc3c2[nH]c(=O)n3-c2nnc(C(F)F)s2)CCN1C(=O)OC(C)(C)C. The number of imidazole rings is 1. The van der Waals surface area contributed by atoms with Crippen molar-refractivity contribution in [1.29, 1.82) is 0 Å². The number of hydrogen-bond acceptors (Lipinski definition) is 7. The number of nitrogens with one attached hydrogen (secondary N) is 1. The summed E-state index contributed by atoms with van der Waals surface area (Å²) in [6, 6.07) is 3.47. The van der Waals surface area contributed by atoms with Gasteiger partial charge in [-0.05, 0) is 39.8 Å². The number of halogens is 3. The number of nitrogens with zero attached hydrogens (tertiary/aromatic N) is 5. The highest BCUT2D eigenvalue weighted by molar-refractivity contribution is 9.10. The highest BCUT2D eigenvalue weighted by Gasteiger charge is 2.32. The predicted octanol–water partition coefficient (Wildman–Crippen LogP) is 4.32. The van der Waals surface area contributed by atoms with E-state index in [4.69, 9.17) is 4.74 Å². The standard InChI is InChI=1S/C20H23BrF2N6O3S/c1-10-9-27(5-6-28(10)19(31)32-20(2,3)4)12-7-11(21)8-13-14(12)24-17(30)29(13)18-26-25-16(33-18)15(22)23/h7-8,10,15H,5-6,9H2,1-4H3,(H,24,30)/t10-/m0/s1. The highest BCUT2D eigenvalue weighted by atomic mass is 79.9. The van der Waals surface area contributed by atoms with Crippen molar-refractivity contribution in [3.8, 4) is 5.13 Å². The van der Waals surface area contributed by atoms with E-state index in [1.54, 1.807) is 11.0 Å². The number of aromatic nitrogens is 4. The molecule has 0 spiro atoms. The van der Waals surface area contributed by atoms with E-state index in [1.807, 2.05) is 33.8 Å². The van der Waals surface area contributed by atoms with Crippen molar-refractivity contribution in [2.45, 2.75) is 45.8 Å². The first kappa shape index (κ1) is 23.6. The van der Waals surface area contributed by atoms with Crippen LogP contribution < -0.4 is 10.6 Å². The molecule has 0 bridgehead atoms. The smallest absolute Gasteiger partial charge is 0.410 e. The van der Waals surface area contributed by atoms with Crippen LogP contribution in [0.15, 0.2) is 21.4 Å². The van der Waals surface area contributed by atoms with Gasteiger partial charge in [-0.1, -0.05) is 27.3 Å². The van der Waals surface area contributed by atoms with Crippen LogP contribution in [-0.4, -0.2) is 62.0 Å². The summed E-state index contributed by atoms with van der Waals surface area (Å²) < 4.78 is 33.4. The number of rotatable bonds is 3. The molecule has 4 rings (SSSR count). The molecule has 0 radical (unpaired) electrons. The Bertz CT molecular complexity index is 1250. The van der Waals surface area contributed by atoms with Crippen LogP contribution in [-0.2, 0) is 4.74 Å². The van der Waals surface area contributed by atoms with E-state index in [1.165, 1.54) is 4.57 Å². The summed E-state index contributed by atoms with van der Waals surface area (Å²) in [5.74, 6) is 0. The molecular weight excluding hydrogens is 522 g/mol. The minimum absolute atomic E-state index is 0.0636. The van der Waals surface area contributed by atoms with Gasteiger partial charge >= 0.3 is 11.8 Å². The van der Waals surface area contributed by atoms with Gasteiger partial charge in [0.25, 0.3) is 6.43 Å². The summed E-state index contributed by atoms with van der Waals surface area (Å²) in [6.45, 7) is 8.91. The van der Waals surface area contributed by atoms with Gasteiger partial charge in [0.1, 0.15) is 5.60 Å². The monoisotopic (exact) mass is 544 g/mol. The quantitative estimate of drug-likeness (QED) is 0.527. The van der Waals surface area contributed by atoms with Crippen molar-refractivity contribution < 1.29 is 18.3 Å². The molecule has 0 saturated carbocycles. The lowest BCUT2D eigenvalue weighted by Crippen LogP contribution is -2.55. The van der Waals surface area contributed by atoms with Crippen molar-refractivity contribution in [2.75, 3.05) is 24.5 Å². The minimum atomic E-state index is -2.76. The fourth-order valence-corrected chi connectivity index (χ4v) is 4.91. The maximum Gasteiger partial charge on any atom is 0.410 e. The van der Waals surface area contributed by atoms with Crippen LogP contribution in [0.1, 0.15) is 39.1 Å². The molecule has 3 heterocycles. The lowest BCUT2D eigenvalue weighted by molar-refractivity contribution is 0.0159. The summed E-state index contributed by atoms with van der Waals surface area (Å²) in [5.41, 5.74) is 0.714. The third-order valence-corrected chi connectivity index (χ3v) is 6.52. The normalized spacial score (nSPS) is 17.3. The van der Waals surface area contributed by atoms with E-state index in [2.05, 4.69) is 36.0 Å². The largest absolute Gasteiger partial charge is 0.444 e. The minimum Gasteiger partial charge on any atom is -0.444 e. The molecule has 9 nitrogen and oxygen atoms in total. The van der Waals surface area contributed by atoms with Gasteiger partial charge in [0.2, 0.25) is 5.13 Å². The number of benzene rings is 1. The molecule has 33 heavy (non-hydrogen) atoms. The summed E-state index contributed by atoms with van der Waals surface area (Å²) in [5, 5.41) is 6.88. The van der Waals surface area contributed by atoms with Crippen molar-refractivity contribution in [1.82, 2.24) is 24.6 Å². The summed E-state index contributed by atoms with van der Waals surface area (Å²) in [6.07, 6.45) is -3.12. The molecule has 3 aromatic rings. The first-order valence-electron chi connectivity index (χ1n) is 10.3. The second-order valence-electron chi connectivity index (χ2n) is 8.78. The molecule has 1 aromatic carbocycles. The van der Waals surface area contributed by atoms with E-state index in [0.29, 0.717) is 46.5 Å². The van der Waals surface area contributed by atoms with E-state index >= 15 is 0 Å². The van der Waals surface area contributed by atoms with Gasteiger partial charge in [0, 0.05) is 30.1 Å². The number of H-pyrrole nitrogens is 1. The molecule has 1 amide bonds. The van der Waals surface area contributed by atoms with Gasteiger partial charge in [-0.2, -0.15) is 0 Å². The van der Waals surface area contributed by atoms with Crippen molar-refractivity contribution in [2.24, 2.45) is 0 Å². The molecule has 2 aromatic heterocycles. The molecule has 0 aliphatic carbocycles. The summed E-state index contributed by atoms with van der Waals surface area (Å²) in [4.78, 5) is 31.9. The number of ether oxygens (including phenoxy) is 1. The number of hydrogen-bond donors (Lipinski definition) is 1. The number of carbonyl (C=O) groups excluding carboxylic acids is 1. The summed E-state index contributed by atoms with van der Waals surface area (Å²) >= 11 is 4.15. The number of fused-ring (bicyclic) bond motifs is 1. The zero-order valence-corrected chi connectivity index (χ0v) is 20.8. The van der Waals surface area contributed by atoms with Crippen LogP contribution in [0.5, 0.6) is 0 Å². The average Bonchev–Trinajstić information content (AvgIpc) is 3.29. The molecular formula is C20H23BrF2N6O3S. The molecule has 1 aliphatic rings. The van der Waals surface area contributed by atoms with Crippen LogP contribution in [0, 0.1) is 0 Å². The average molecular weight is 545 g/mol. The molecule has 1 atom stereocenters. The van der Waals surface area contributed by atoms with Crippen LogP contribution in [0.2, 0.25) is 0 Å². The maximum absolute atomic E-state index is 13.0. The Balaban J connectivity index is 1.67. The fourth-order valence-electron chi connectivity index (χ4n) is 3.77. The zero-order chi connectivity index (χ0) is 24.1. The molecule has 0 unspecified atom stereocenters. The van der Waals surface area contributed by atoms with Gasteiger partial charge in [-0.15, -0.1) is 10.2 Å². The van der Waals surface area contributed by atoms with Crippen LogP contribution >= 0.6 is 27.3 Å². The number of piperazine rings is 1. The van der Waals surface area contributed by atoms with E-state index in [-0.39, 0.29) is 17.3 Å². The molecule has 1 fully saturated rings. The first-order chi connectivity index (χ1) is 15.4. The number of carbonyl (C=O) groups is 1. The Labute approximate surface area is 200 Å². The van der Waals surface area contributed by atoms with E-state index in [0.717, 1.165) is 5.69 Å². The van der Waals surface area contributed by atoms with Crippen LogP contribution in [0.3, 0.4) is 0 Å². The second kappa shape index (κ2) is 8.67. The number of alkyl halides is 2. The Hall–Kier alpha value is -2.54.